The Morgan fingerprint density at radius 3 is 2.14 bits per heavy atom. The van der Waals surface area contributed by atoms with Gasteiger partial charge in [-0.3, -0.25) is 5.50 Å². The molecule has 0 saturated carbocycles. The van der Waals surface area contributed by atoms with Crippen LogP contribution in [0, 0.1) is 0 Å². The Hall–Kier alpha value is 0.310. The van der Waals surface area contributed by atoms with Crippen molar-refractivity contribution in [2.45, 2.75) is 6.42 Å². The molecule has 1 heterocycles. The summed E-state index contributed by atoms with van der Waals surface area (Å²) in [6.07, 6.45) is 0.982. The monoisotopic (exact) mass is 121 g/mol. The van der Waals surface area contributed by atoms with Gasteiger partial charge in [0.05, 0.1) is 13.2 Å². The molecular weight excluding hydrogens is 113 g/mol. The van der Waals surface area contributed by atoms with Gasteiger partial charge in [-0.1, -0.05) is 0 Å². The van der Waals surface area contributed by atoms with Crippen molar-refractivity contribution >= 4 is 8.53 Å². The van der Waals surface area contributed by atoms with E-state index in [1.54, 1.807) is 0 Å². The van der Waals surface area contributed by atoms with Crippen LogP contribution in [0.1, 0.15) is 6.42 Å². The molecule has 4 heteroatoms. The lowest BCUT2D eigenvalue weighted by Gasteiger charge is -2.16. The molecule has 2 N–H and O–H groups in total. The number of hydrogen-bond acceptors (Lipinski definition) is 3. The smallest absolute Gasteiger partial charge is 0.252 e. The molecule has 3 nitrogen and oxygen atoms in total. The number of rotatable bonds is 0. The Kier molecular flexibility index (Phi) is 2.00. The molecule has 0 unspecified atom stereocenters. The van der Waals surface area contributed by atoms with Crippen LogP contribution in [0.5, 0.6) is 0 Å². The summed E-state index contributed by atoms with van der Waals surface area (Å²) in [6, 6.07) is 0. The van der Waals surface area contributed by atoms with Crippen LogP contribution in [0.15, 0.2) is 0 Å². The van der Waals surface area contributed by atoms with Crippen LogP contribution in [0.3, 0.4) is 0 Å². The third-order valence-corrected chi connectivity index (χ3v) is 1.60. The normalized spacial score (nSPS) is 25.3. The molecule has 0 spiro atoms. The molecule has 42 valence electrons. The molecule has 1 aliphatic rings. The highest BCUT2D eigenvalue weighted by atomic mass is 31.2. The third kappa shape index (κ3) is 1.70. The molecular formula is C3H8NO2P. The summed E-state index contributed by atoms with van der Waals surface area (Å²) < 4.78 is 9.80. The van der Waals surface area contributed by atoms with Gasteiger partial charge in [0, 0.05) is 0 Å². The van der Waals surface area contributed by atoms with Crippen molar-refractivity contribution < 1.29 is 9.05 Å². The first-order chi connectivity index (χ1) is 3.39. The number of nitrogens with two attached hydrogens (primary N) is 1. The highest BCUT2D eigenvalue weighted by Gasteiger charge is 2.07. The molecule has 0 aliphatic carbocycles. The summed E-state index contributed by atoms with van der Waals surface area (Å²) in [4.78, 5) is 0. The lowest BCUT2D eigenvalue weighted by Crippen LogP contribution is -2.08. The molecule has 1 rings (SSSR count). The van der Waals surface area contributed by atoms with Crippen molar-refractivity contribution in [3.05, 3.63) is 0 Å². The van der Waals surface area contributed by atoms with E-state index in [4.69, 9.17) is 14.6 Å². The predicted octanol–water partition coefficient (Wildman–Crippen LogP) is 0.609. The fraction of sp³-hybridized carbons (Fsp3) is 1.00. The van der Waals surface area contributed by atoms with Gasteiger partial charge in [-0.25, -0.2) is 0 Å². The minimum Gasteiger partial charge on any atom is -0.322 e. The van der Waals surface area contributed by atoms with Crippen LogP contribution >= 0.6 is 8.53 Å². The third-order valence-electron chi connectivity index (χ3n) is 0.726. The van der Waals surface area contributed by atoms with E-state index >= 15 is 0 Å². The average molecular weight is 121 g/mol. The van der Waals surface area contributed by atoms with Crippen LogP contribution in [0.4, 0.5) is 0 Å². The summed E-state index contributed by atoms with van der Waals surface area (Å²) in [7, 11) is -0.992. The molecule has 0 bridgehead atoms. The van der Waals surface area contributed by atoms with E-state index in [-0.39, 0.29) is 0 Å². The van der Waals surface area contributed by atoms with Crippen LogP contribution in [-0.4, -0.2) is 13.2 Å². The maximum absolute atomic E-state index is 5.26. The molecule has 1 saturated heterocycles. The zero-order chi connectivity index (χ0) is 5.11. The Labute approximate surface area is 43.8 Å². The van der Waals surface area contributed by atoms with E-state index in [9.17, 15) is 0 Å². The van der Waals surface area contributed by atoms with Gasteiger partial charge in [0.25, 0.3) is 8.53 Å². The van der Waals surface area contributed by atoms with E-state index in [1.807, 2.05) is 0 Å². The zero-order valence-electron chi connectivity index (χ0n) is 3.96. The summed E-state index contributed by atoms with van der Waals surface area (Å²) in [6.45, 7) is 1.53. The molecule has 0 aromatic heterocycles. The van der Waals surface area contributed by atoms with Crippen molar-refractivity contribution in [2.75, 3.05) is 13.2 Å². The second kappa shape index (κ2) is 2.58. The SMILES string of the molecule is NP1OCCCO1. The van der Waals surface area contributed by atoms with Crippen LogP contribution < -0.4 is 5.50 Å². The fourth-order valence-corrected chi connectivity index (χ4v) is 1.10. The standard InChI is InChI=1S/C3H8NO2P/c4-7-5-2-1-3-6-7/h1-4H2. The topological polar surface area (TPSA) is 44.5 Å². The summed E-state index contributed by atoms with van der Waals surface area (Å²) in [5.74, 6) is 0. The van der Waals surface area contributed by atoms with Gasteiger partial charge in [-0.2, -0.15) is 0 Å². The maximum atomic E-state index is 5.26. The van der Waals surface area contributed by atoms with Gasteiger partial charge in [0.1, 0.15) is 0 Å². The molecule has 0 radical (unpaired) electrons. The molecule has 0 aromatic carbocycles. The highest BCUT2D eigenvalue weighted by Crippen LogP contribution is 2.31. The number of hydrogen-bond donors (Lipinski definition) is 1. The van der Waals surface area contributed by atoms with Gasteiger partial charge < -0.3 is 9.05 Å². The van der Waals surface area contributed by atoms with Gasteiger partial charge in [0.2, 0.25) is 0 Å². The van der Waals surface area contributed by atoms with E-state index in [2.05, 4.69) is 0 Å². The zero-order valence-corrected chi connectivity index (χ0v) is 4.86. The van der Waals surface area contributed by atoms with Gasteiger partial charge >= 0.3 is 0 Å². The molecule has 7 heavy (non-hydrogen) atoms. The Balaban J connectivity index is 2.12. The van der Waals surface area contributed by atoms with E-state index < -0.39 is 8.53 Å². The predicted molar refractivity (Wildman–Crippen MR) is 27.6 cm³/mol. The summed E-state index contributed by atoms with van der Waals surface area (Å²) in [5, 5.41) is 0. The van der Waals surface area contributed by atoms with Crippen molar-refractivity contribution in [2.24, 2.45) is 5.50 Å². The first-order valence-electron chi connectivity index (χ1n) is 2.20. The molecule has 0 amide bonds. The minimum atomic E-state index is -0.992. The van der Waals surface area contributed by atoms with Gasteiger partial charge in [-0.05, 0) is 6.42 Å². The second-order valence-electron chi connectivity index (χ2n) is 1.31. The quantitative estimate of drug-likeness (QED) is 0.477. The second-order valence-corrected chi connectivity index (χ2v) is 2.39. The summed E-state index contributed by atoms with van der Waals surface area (Å²) in [5.41, 5.74) is 5.26. The average Bonchev–Trinajstić information content (AvgIpc) is 1.69. The first-order valence-corrected chi connectivity index (χ1v) is 3.45. The molecule has 1 aliphatic heterocycles. The molecule has 1 fully saturated rings. The van der Waals surface area contributed by atoms with Gasteiger partial charge in [0.15, 0.2) is 0 Å². The van der Waals surface area contributed by atoms with Crippen molar-refractivity contribution in [3.8, 4) is 0 Å². The lowest BCUT2D eigenvalue weighted by molar-refractivity contribution is 0.182. The Bertz CT molecular complexity index is 54.9. The Morgan fingerprint density at radius 1 is 1.29 bits per heavy atom. The van der Waals surface area contributed by atoms with Crippen LogP contribution in [0.2, 0.25) is 0 Å². The minimum absolute atomic E-state index is 0.766. The van der Waals surface area contributed by atoms with E-state index in [1.165, 1.54) is 0 Å². The maximum Gasteiger partial charge on any atom is 0.252 e. The van der Waals surface area contributed by atoms with Crippen molar-refractivity contribution in [1.29, 1.82) is 0 Å². The van der Waals surface area contributed by atoms with Gasteiger partial charge in [-0.15, -0.1) is 0 Å². The fourth-order valence-electron chi connectivity index (χ4n) is 0.405. The lowest BCUT2D eigenvalue weighted by atomic mass is 10.5. The van der Waals surface area contributed by atoms with Crippen molar-refractivity contribution in [1.82, 2.24) is 0 Å². The van der Waals surface area contributed by atoms with Crippen LogP contribution in [-0.2, 0) is 9.05 Å². The molecule has 0 aromatic rings. The highest BCUT2D eigenvalue weighted by molar-refractivity contribution is 7.44. The first kappa shape index (κ1) is 5.45. The van der Waals surface area contributed by atoms with Crippen molar-refractivity contribution in [3.63, 3.8) is 0 Å². The summed E-state index contributed by atoms with van der Waals surface area (Å²) >= 11 is 0. The largest absolute Gasteiger partial charge is 0.322 e. The van der Waals surface area contributed by atoms with E-state index in [0.717, 1.165) is 19.6 Å². The molecule has 0 atom stereocenters. The Morgan fingerprint density at radius 2 is 1.86 bits per heavy atom. The van der Waals surface area contributed by atoms with E-state index in [0.29, 0.717) is 0 Å². The van der Waals surface area contributed by atoms with Crippen LogP contribution in [0.25, 0.3) is 0 Å².